The SMILES string of the molecule is COc1cc(OC)c(CN(C[C@H]2CN(c3ccc(N4CCOCC4)c(F)c3)C(=O)O2)C(C)=O)c(OC)c1. The normalized spacial score (nSPS) is 17.4. The van der Waals surface area contributed by atoms with Crippen LogP contribution in [0.3, 0.4) is 0 Å². The molecule has 1 atom stereocenters. The van der Waals surface area contributed by atoms with Gasteiger partial charge in [-0.25, -0.2) is 9.18 Å². The largest absolute Gasteiger partial charge is 0.496 e. The second kappa shape index (κ2) is 11.5. The molecule has 200 valence electrons. The van der Waals surface area contributed by atoms with E-state index in [9.17, 15) is 14.0 Å². The summed E-state index contributed by atoms with van der Waals surface area (Å²) in [6.45, 7) is 4.23. The summed E-state index contributed by atoms with van der Waals surface area (Å²) < 4.78 is 42.1. The topological polar surface area (TPSA) is 90.0 Å². The first-order chi connectivity index (χ1) is 17.8. The number of carbonyl (C=O) groups is 2. The summed E-state index contributed by atoms with van der Waals surface area (Å²) in [4.78, 5) is 30.0. The number of amides is 2. The van der Waals surface area contributed by atoms with Crippen LogP contribution in [0.15, 0.2) is 30.3 Å². The van der Waals surface area contributed by atoms with Crippen molar-refractivity contribution < 1.29 is 37.7 Å². The van der Waals surface area contributed by atoms with Crippen LogP contribution < -0.4 is 24.0 Å². The van der Waals surface area contributed by atoms with E-state index in [-0.39, 0.29) is 25.5 Å². The van der Waals surface area contributed by atoms with Crippen LogP contribution in [0.4, 0.5) is 20.6 Å². The second-order valence-corrected chi connectivity index (χ2v) is 8.76. The van der Waals surface area contributed by atoms with Crippen molar-refractivity contribution in [1.29, 1.82) is 0 Å². The lowest BCUT2D eigenvalue weighted by molar-refractivity contribution is -0.130. The molecule has 0 bridgehead atoms. The Kier molecular flexibility index (Phi) is 8.22. The van der Waals surface area contributed by atoms with E-state index in [1.807, 2.05) is 4.90 Å². The maximum absolute atomic E-state index is 14.9. The lowest BCUT2D eigenvalue weighted by Gasteiger charge is -2.29. The molecular weight excluding hydrogens is 485 g/mol. The highest BCUT2D eigenvalue weighted by atomic mass is 19.1. The van der Waals surface area contributed by atoms with Gasteiger partial charge in [-0.2, -0.15) is 0 Å². The summed E-state index contributed by atoms with van der Waals surface area (Å²) in [5, 5.41) is 0. The van der Waals surface area contributed by atoms with Gasteiger partial charge in [-0.3, -0.25) is 9.69 Å². The molecular formula is C26H32FN3O7. The van der Waals surface area contributed by atoms with Crippen LogP contribution in [0.1, 0.15) is 12.5 Å². The molecule has 0 saturated carbocycles. The van der Waals surface area contributed by atoms with Crippen molar-refractivity contribution in [2.75, 3.05) is 70.5 Å². The number of carbonyl (C=O) groups excluding carboxylic acids is 2. The van der Waals surface area contributed by atoms with Crippen molar-refractivity contribution in [2.45, 2.75) is 19.6 Å². The fourth-order valence-corrected chi connectivity index (χ4v) is 4.53. The molecule has 37 heavy (non-hydrogen) atoms. The number of hydrogen-bond acceptors (Lipinski definition) is 8. The fraction of sp³-hybridized carbons (Fsp3) is 0.462. The first-order valence-corrected chi connectivity index (χ1v) is 12.0. The Morgan fingerprint density at radius 1 is 1.08 bits per heavy atom. The van der Waals surface area contributed by atoms with Gasteiger partial charge in [0.15, 0.2) is 0 Å². The third kappa shape index (κ3) is 5.82. The number of cyclic esters (lactones) is 1. The van der Waals surface area contributed by atoms with Gasteiger partial charge in [-0.15, -0.1) is 0 Å². The third-order valence-electron chi connectivity index (χ3n) is 6.50. The van der Waals surface area contributed by atoms with Gasteiger partial charge in [0, 0.05) is 32.1 Å². The van der Waals surface area contributed by atoms with Crippen molar-refractivity contribution in [3.05, 3.63) is 41.7 Å². The Balaban J connectivity index is 1.48. The van der Waals surface area contributed by atoms with E-state index in [0.717, 1.165) is 0 Å². The number of halogens is 1. The number of ether oxygens (including phenoxy) is 5. The maximum Gasteiger partial charge on any atom is 0.414 e. The number of methoxy groups -OCH3 is 3. The summed E-state index contributed by atoms with van der Waals surface area (Å²) in [6.07, 6.45) is -1.19. The van der Waals surface area contributed by atoms with Crippen molar-refractivity contribution in [3.8, 4) is 17.2 Å². The van der Waals surface area contributed by atoms with Gasteiger partial charge in [0.05, 0.1) is 71.1 Å². The molecule has 2 aliphatic heterocycles. The molecule has 2 aliphatic rings. The summed E-state index contributed by atoms with van der Waals surface area (Å²) in [7, 11) is 4.59. The minimum Gasteiger partial charge on any atom is -0.496 e. The van der Waals surface area contributed by atoms with E-state index in [0.29, 0.717) is 60.5 Å². The fourth-order valence-electron chi connectivity index (χ4n) is 4.53. The molecule has 2 saturated heterocycles. The molecule has 0 unspecified atom stereocenters. The standard InChI is InChI=1S/C26H32FN3O7/c1-17(31)29(16-21-24(34-3)12-19(33-2)13-25(21)35-4)14-20-15-30(26(32)37-20)18-5-6-23(22(27)11-18)28-7-9-36-10-8-28/h5-6,11-13,20H,7-10,14-16H2,1-4H3/t20-/m0/s1. The molecule has 2 amide bonds. The van der Waals surface area contributed by atoms with Gasteiger partial charge in [0.25, 0.3) is 0 Å². The van der Waals surface area contributed by atoms with Gasteiger partial charge < -0.3 is 33.5 Å². The average Bonchev–Trinajstić information content (AvgIpc) is 3.28. The van der Waals surface area contributed by atoms with Crippen LogP contribution in [0.25, 0.3) is 0 Å². The van der Waals surface area contributed by atoms with Crippen molar-refractivity contribution in [3.63, 3.8) is 0 Å². The Bertz CT molecular complexity index is 1110. The Morgan fingerprint density at radius 2 is 1.76 bits per heavy atom. The van der Waals surface area contributed by atoms with Gasteiger partial charge in [-0.05, 0) is 18.2 Å². The molecule has 2 aromatic carbocycles. The van der Waals surface area contributed by atoms with Crippen LogP contribution in [-0.2, 0) is 20.8 Å². The van der Waals surface area contributed by atoms with E-state index in [2.05, 4.69) is 0 Å². The van der Waals surface area contributed by atoms with Gasteiger partial charge in [-0.1, -0.05) is 0 Å². The number of hydrogen-bond donors (Lipinski definition) is 0. The van der Waals surface area contributed by atoms with E-state index >= 15 is 0 Å². The second-order valence-electron chi connectivity index (χ2n) is 8.76. The highest BCUT2D eigenvalue weighted by molar-refractivity contribution is 5.90. The summed E-state index contributed by atoms with van der Waals surface area (Å²) >= 11 is 0. The zero-order valence-corrected chi connectivity index (χ0v) is 21.5. The summed E-state index contributed by atoms with van der Waals surface area (Å²) in [5.74, 6) is 0.931. The molecule has 0 aliphatic carbocycles. The van der Waals surface area contributed by atoms with Crippen LogP contribution in [-0.4, -0.2) is 83.7 Å². The Morgan fingerprint density at radius 3 is 2.32 bits per heavy atom. The van der Waals surface area contributed by atoms with Gasteiger partial charge in [0.1, 0.15) is 29.2 Å². The van der Waals surface area contributed by atoms with E-state index in [4.69, 9.17) is 23.7 Å². The van der Waals surface area contributed by atoms with Crippen LogP contribution in [0.5, 0.6) is 17.2 Å². The van der Waals surface area contributed by atoms with E-state index in [1.165, 1.54) is 39.2 Å². The molecule has 11 heteroatoms. The summed E-state index contributed by atoms with van der Waals surface area (Å²) in [5.41, 5.74) is 1.53. The monoisotopic (exact) mass is 517 g/mol. The predicted octanol–water partition coefficient (Wildman–Crippen LogP) is 3.06. The maximum atomic E-state index is 14.9. The number of rotatable bonds is 9. The molecule has 2 heterocycles. The van der Waals surface area contributed by atoms with Crippen molar-refractivity contribution >= 4 is 23.4 Å². The molecule has 0 radical (unpaired) electrons. The first kappa shape index (κ1) is 26.3. The first-order valence-electron chi connectivity index (χ1n) is 12.0. The zero-order chi connectivity index (χ0) is 26.5. The number of anilines is 2. The van der Waals surface area contributed by atoms with Crippen molar-refractivity contribution in [2.24, 2.45) is 0 Å². The molecule has 4 rings (SSSR count). The lowest BCUT2D eigenvalue weighted by Crippen LogP contribution is -2.37. The average molecular weight is 518 g/mol. The number of nitrogens with zero attached hydrogens (tertiary/aromatic N) is 3. The smallest absolute Gasteiger partial charge is 0.414 e. The van der Waals surface area contributed by atoms with Crippen LogP contribution >= 0.6 is 0 Å². The van der Waals surface area contributed by atoms with Crippen LogP contribution in [0, 0.1) is 5.82 Å². The third-order valence-corrected chi connectivity index (χ3v) is 6.50. The quantitative estimate of drug-likeness (QED) is 0.502. The lowest BCUT2D eigenvalue weighted by atomic mass is 10.1. The van der Waals surface area contributed by atoms with Crippen molar-refractivity contribution in [1.82, 2.24) is 4.90 Å². The van der Waals surface area contributed by atoms with Crippen LogP contribution in [0.2, 0.25) is 0 Å². The highest BCUT2D eigenvalue weighted by Gasteiger charge is 2.35. The number of morpholine rings is 1. The molecule has 2 aromatic rings. The molecule has 0 N–H and O–H groups in total. The Labute approximate surface area is 215 Å². The highest BCUT2D eigenvalue weighted by Crippen LogP contribution is 2.35. The minimum absolute atomic E-state index is 0.143. The Hall–Kier alpha value is -3.73. The molecule has 0 aromatic heterocycles. The predicted molar refractivity (Wildman–Crippen MR) is 134 cm³/mol. The molecule has 0 spiro atoms. The number of benzene rings is 2. The van der Waals surface area contributed by atoms with Gasteiger partial charge in [0.2, 0.25) is 5.91 Å². The molecule has 2 fully saturated rings. The van der Waals surface area contributed by atoms with E-state index in [1.54, 1.807) is 29.2 Å². The molecule has 10 nitrogen and oxygen atoms in total. The van der Waals surface area contributed by atoms with E-state index < -0.39 is 18.0 Å². The van der Waals surface area contributed by atoms with Gasteiger partial charge >= 0.3 is 6.09 Å². The zero-order valence-electron chi connectivity index (χ0n) is 21.5. The summed E-state index contributed by atoms with van der Waals surface area (Å²) in [6, 6.07) is 8.13. The minimum atomic E-state index is -0.603.